The SMILES string of the molecule is CC(C)c1cccc(CN=N[Si](N=NCc2cccc(C(C)C)c2O)(N=NCc2cccc(C(C)C)c2O)N=NCc2cccc(C(C)C)c2O)c1O. The molecule has 0 fully saturated rings. The maximum absolute atomic E-state index is 11.0. The van der Waals surface area contributed by atoms with Crippen molar-refractivity contribution in [1.82, 2.24) is 0 Å². The van der Waals surface area contributed by atoms with Crippen molar-refractivity contribution in [3.63, 3.8) is 0 Å². The highest BCUT2D eigenvalue weighted by Crippen LogP contribution is 2.33. The third-order valence-electron chi connectivity index (χ3n) is 8.87. The highest BCUT2D eigenvalue weighted by Gasteiger charge is 2.40. The maximum atomic E-state index is 11.0. The Kier molecular flexibility index (Phi) is 14.1. The molecule has 0 spiro atoms. The Hall–Kier alpha value is -5.30. The first-order chi connectivity index (χ1) is 25.2. The Balaban J connectivity index is 1.80. The number of hydrogen-bond donors (Lipinski definition) is 4. The fourth-order valence-corrected chi connectivity index (χ4v) is 7.05. The van der Waals surface area contributed by atoms with Gasteiger partial charge in [0.1, 0.15) is 23.0 Å². The van der Waals surface area contributed by atoms with Crippen LogP contribution in [0, 0.1) is 0 Å². The zero-order chi connectivity index (χ0) is 38.7. The van der Waals surface area contributed by atoms with Gasteiger partial charge in [0.25, 0.3) is 0 Å². The summed E-state index contributed by atoms with van der Waals surface area (Å²) in [6, 6.07) is 22.0. The fraction of sp³-hybridized carbons (Fsp3) is 0.400. The van der Waals surface area contributed by atoms with Gasteiger partial charge in [-0.05, 0) is 45.9 Å². The summed E-state index contributed by atoms with van der Waals surface area (Å²) in [6.07, 6.45) is 0. The fourth-order valence-electron chi connectivity index (χ4n) is 5.76. The van der Waals surface area contributed by atoms with Gasteiger partial charge in [-0.25, -0.2) is 0 Å². The second-order valence-electron chi connectivity index (χ2n) is 14.2. The maximum Gasteiger partial charge on any atom is 0.650 e. The largest absolute Gasteiger partial charge is 0.650 e. The number of aromatic hydroxyl groups is 4. The minimum absolute atomic E-state index is 0.00731. The average Bonchev–Trinajstić information content (AvgIpc) is 3.10. The molecule has 4 rings (SSSR count). The first kappa shape index (κ1) is 40.5. The smallest absolute Gasteiger partial charge is 0.507 e. The number of nitrogens with zero attached hydrogens (tertiary/aromatic N) is 8. The van der Waals surface area contributed by atoms with Gasteiger partial charge in [0.2, 0.25) is 0 Å². The van der Waals surface area contributed by atoms with Gasteiger partial charge in [-0.3, -0.25) is 0 Å². The molecule has 4 N–H and O–H groups in total. The number of para-hydroxylation sites is 4. The van der Waals surface area contributed by atoms with Crippen LogP contribution >= 0.6 is 0 Å². The van der Waals surface area contributed by atoms with Crippen molar-refractivity contribution in [2.24, 2.45) is 39.6 Å². The molecule has 4 aromatic carbocycles. The second-order valence-corrected chi connectivity index (χ2v) is 16.2. The molecule has 0 saturated carbocycles. The number of benzene rings is 4. The zero-order valence-corrected chi connectivity index (χ0v) is 32.9. The van der Waals surface area contributed by atoms with E-state index in [9.17, 15) is 20.4 Å². The lowest BCUT2D eigenvalue weighted by Gasteiger charge is -2.13. The van der Waals surface area contributed by atoms with Crippen LogP contribution in [0.25, 0.3) is 0 Å². The average molecular weight is 737 g/mol. The van der Waals surface area contributed by atoms with E-state index in [-0.39, 0.29) is 72.8 Å². The lowest BCUT2D eigenvalue weighted by atomic mass is 9.99. The summed E-state index contributed by atoms with van der Waals surface area (Å²) in [5, 5.41) is 61.6. The van der Waals surface area contributed by atoms with E-state index in [1.54, 1.807) is 24.3 Å². The molecule has 0 aliphatic heterocycles. The highest BCUT2D eigenvalue weighted by molar-refractivity contribution is 6.72. The lowest BCUT2D eigenvalue weighted by molar-refractivity contribution is 0.457. The molecule has 0 aliphatic rings. The summed E-state index contributed by atoms with van der Waals surface area (Å²) >= 11 is 0. The molecule has 0 atom stereocenters. The van der Waals surface area contributed by atoms with E-state index in [1.165, 1.54) is 0 Å². The predicted octanol–water partition coefficient (Wildman–Crippen LogP) is 11.3. The van der Waals surface area contributed by atoms with E-state index in [2.05, 4.69) is 39.6 Å². The number of rotatable bonds is 16. The molecule has 0 saturated heterocycles. The summed E-state index contributed by atoms with van der Waals surface area (Å²) < 4.78 is 18.2. The van der Waals surface area contributed by atoms with Gasteiger partial charge >= 0.3 is 8.72 Å². The first-order valence-corrected chi connectivity index (χ1v) is 19.8. The Bertz CT molecular complexity index is 1690. The van der Waals surface area contributed by atoms with E-state index in [0.717, 1.165) is 22.3 Å². The molecule has 13 heteroatoms. The molecule has 280 valence electrons. The third-order valence-corrected chi connectivity index (χ3v) is 10.5. The minimum Gasteiger partial charge on any atom is -0.507 e. The minimum atomic E-state index is -4.12. The van der Waals surface area contributed by atoms with E-state index >= 15 is 0 Å². The van der Waals surface area contributed by atoms with Crippen molar-refractivity contribution >= 4 is 8.72 Å². The molecule has 4 aromatic rings. The van der Waals surface area contributed by atoms with Gasteiger partial charge < -0.3 is 20.4 Å². The summed E-state index contributed by atoms with van der Waals surface area (Å²) in [6.45, 7) is 16.0. The van der Waals surface area contributed by atoms with Crippen LogP contribution in [0.1, 0.15) is 124 Å². The van der Waals surface area contributed by atoms with Crippen molar-refractivity contribution in [2.45, 2.75) is 105 Å². The molecule has 0 aromatic heterocycles. The van der Waals surface area contributed by atoms with Gasteiger partial charge in [0.05, 0.1) is 26.2 Å². The van der Waals surface area contributed by atoms with E-state index in [1.807, 2.05) is 104 Å². The van der Waals surface area contributed by atoms with Crippen LogP contribution in [0.3, 0.4) is 0 Å². The molecule has 0 amide bonds. The molecule has 0 unspecified atom stereocenters. The van der Waals surface area contributed by atoms with Crippen molar-refractivity contribution in [2.75, 3.05) is 0 Å². The van der Waals surface area contributed by atoms with Crippen LogP contribution in [0.15, 0.2) is 112 Å². The summed E-state index contributed by atoms with van der Waals surface area (Å²) in [5.41, 5.74) is 5.41. The molecule has 0 radical (unpaired) electrons. The van der Waals surface area contributed by atoms with Gasteiger partial charge in [0.15, 0.2) is 0 Å². The lowest BCUT2D eigenvalue weighted by Crippen LogP contribution is -2.24. The van der Waals surface area contributed by atoms with E-state index in [0.29, 0.717) is 22.3 Å². The van der Waals surface area contributed by atoms with Crippen molar-refractivity contribution in [1.29, 1.82) is 0 Å². The summed E-state index contributed by atoms with van der Waals surface area (Å²) in [4.78, 5) is 0. The van der Waals surface area contributed by atoms with Gasteiger partial charge in [-0.1, -0.05) is 128 Å². The van der Waals surface area contributed by atoms with Crippen molar-refractivity contribution in [3.05, 3.63) is 117 Å². The third kappa shape index (κ3) is 10.4. The summed E-state index contributed by atoms with van der Waals surface area (Å²) in [7, 11) is -4.12. The number of phenolic OH excluding ortho intramolecular Hbond substituents is 4. The van der Waals surface area contributed by atoms with Crippen LogP contribution in [0.2, 0.25) is 0 Å². The highest BCUT2D eigenvalue weighted by atomic mass is 28.4. The molecule has 0 aliphatic carbocycles. The van der Waals surface area contributed by atoms with Gasteiger partial charge in [0, 0.05) is 22.3 Å². The van der Waals surface area contributed by atoms with Crippen LogP contribution < -0.4 is 0 Å². The quantitative estimate of drug-likeness (QED) is 0.0660. The number of hydrogen-bond acceptors (Lipinski definition) is 12. The van der Waals surface area contributed by atoms with Crippen molar-refractivity contribution in [3.8, 4) is 23.0 Å². The Morgan fingerprint density at radius 2 is 0.585 bits per heavy atom. The van der Waals surface area contributed by atoms with Crippen LogP contribution in [0.4, 0.5) is 0 Å². The van der Waals surface area contributed by atoms with E-state index < -0.39 is 8.72 Å². The van der Waals surface area contributed by atoms with Gasteiger partial charge in [-0.2, -0.15) is 39.6 Å². The summed E-state index contributed by atoms with van der Waals surface area (Å²) in [5.74, 6) is 0.940. The molecule has 53 heavy (non-hydrogen) atoms. The molecule has 0 bridgehead atoms. The van der Waals surface area contributed by atoms with Crippen LogP contribution in [-0.4, -0.2) is 29.1 Å². The first-order valence-electron chi connectivity index (χ1n) is 18.0. The normalized spacial score (nSPS) is 13.7. The Morgan fingerprint density at radius 1 is 0.377 bits per heavy atom. The van der Waals surface area contributed by atoms with Crippen LogP contribution in [-0.2, 0) is 26.2 Å². The monoisotopic (exact) mass is 736 g/mol. The Morgan fingerprint density at radius 3 is 0.774 bits per heavy atom. The molecule has 12 nitrogen and oxygen atoms in total. The zero-order valence-electron chi connectivity index (χ0n) is 31.9. The standard InChI is InChI=1S/C40H52N8O4Si/c1-25(2)33-17-9-13-29(37(33)49)21-41-45-53(46-42-22-30-14-10-18-34(26(3)4)38(30)50,47-43-23-31-15-11-19-35(27(5)6)39(31)51)48-44-24-32-16-12-20-36(28(7)8)40(32)52/h9-20,25-28,49-52H,21-24H2,1-8H3. The topological polar surface area (TPSA) is 180 Å². The second kappa shape index (κ2) is 18.5. The number of phenols is 4. The van der Waals surface area contributed by atoms with Crippen LogP contribution in [0.5, 0.6) is 23.0 Å². The predicted molar refractivity (Wildman–Crippen MR) is 209 cm³/mol. The molecular weight excluding hydrogens is 685 g/mol. The Labute approximate surface area is 313 Å². The van der Waals surface area contributed by atoms with Crippen molar-refractivity contribution < 1.29 is 20.4 Å². The van der Waals surface area contributed by atoms with E-state index in [4.69, 9.17) is 0 Å². The molecular formula is C40H52N8O4Si. The molecule has 0 heterocycles. The van der Waals surface area contributed by atoms with Gasteiger partial charge in [-0.15, -0.1) is 0 Å².